The second-order valence-electron chi connectivity index (χ2n) is 6.67. The molecule has 0 unspecified atom stereocenters. The van der Waals surface area contributed by atoms with Gasteiger partial charge in [0.2, 0.25) is 5.91 Å². The molecule has 6 heteroatoms. The fraction of sp³-hybridized carbons (Fsp3) is 0.867. The van der Waals surface area contributed by atoms with E-state index in [0.717, 1.165) is 0 Å². The van der Waals surface area contributed by atoms with E-state index in [4.69, 9.17) is 9.47 Å². The lowest BCUT2D eigenvalue weighted by Gasteiger charge is -2.25. The standard InChI is InChI=1S/C15H26N2O4/c1-6-17(7-2)13(18)9-8-10(12-11(9)20-12)16-14(19)21-15(3,4)5/h9-12H,6-8H2,1-5H3,(H,16,19)/t9-,10+,11+,12-/m1/s1. The molecular weight excluding hydrogens is 272 g/mol. The summed E-state index contributed by atoms with van der Waals surface area (Å²) in [6.07, 6.45) is 0.0990. The van der Waals surface area contributed by atoms with Crippen molar-refractivity contribution in [1.29, 1.82) is 0 Å². The van der Waals surface area contributed by atoms with E-state index in [2.05, 4.69) is 5.32 Å². The Morgan fingerprint density at radius 3 is 2.38 bits per heavy atom. The van der Waals surface area contributed by atoms with E-state index >= 15 is 0 Å². The minimum atomic E-state index is -0.525. The Morgan fingerprint density at radius 1 is 1.24 bits per heavy atom. The lowest BCUT2D eigenvalue weighted by molar-refractivity contribution is -0.136. The number of hydrogen-bond donors (Lipinski definition) is 1. The summed E-state index contributed by atoms with van der Waals surface area (Å²) in [6.45, 7) is 10.8. The molecule has 120 valence electrons. The van der Waals surface area contributed by atoms with Gasteiger partial charge >= 0.3 is 6.09 Å². The maximum absolute atomic E-state index is 12.4. The Labute approximate surface area is 126 Å². The third-order valence-corrected chi connectivity index (χ3v) is 3.96. The number of rotatable bonds is 4. The van der Waals surface area contributed by atoms with Crippen LogP contribution in [0, 0.1) is 5.92 Å². The van der Waals surface area contributed by atoms with Crippen LogP contribution in [0.5, 0.6) is 0 Å². The number of amides is 2. The molecule has 0 radical (unpaired) electrons. The second kappa shape index (κ2) is 5.83. The molecule has 4 atom stereocenters. The van der Waals surface area contributed by atoms with E-state index < -0.39 is 11.7 Å². The van der Waals surface area contributed by atoms with Crippen molar-refractivity contribution in [2.45, 2.75) is 64.9 Å². The van der Waals surface area contributed by atoms with Crippen LogP contribution >= 0.6 is 0 Å². The molecule has 1 saturated carbocycles. The normalized spacial score (nSPS) is 30.5. The fourth-order valence-corrected chi connectivity index (χ4v) is 2.94. The van der Waals surface area contributed by atoms with Crippen LogP contribution in [0.2, 0.25) is 0 Å². The van der Waals surface area contributed by atoms with E-state index in [1.54, 1.807) is 0 Å². The number of nitrogens with one attached hydrogen (secondary N) is 1. The Kier molecular flexibility index (Phi) is 4.46. The molecule has 21 heavy (non-hydrogen) atoms. The van der Waals surface area contributed by atoms with E-state index in [9.17, 15) is 9.59 Å². The number of hydrogen-bond acceptors (Lipinski definition) is 4. The highest BCUT2D eigenvalue weighted by molar-refractivity contribution is 5.81. The molecule has 0 aromatic rings. The first-order valence-corrected chi connectivity index (χ1v) is 7.70. The zero-order valence-electron chi connectivity index (χ0n) is 13.5. The number of epoxide rings is 1. The number of alkyl carbamates (subject to hydrolysis) is 1. The average Bonchev–Trinajstić information content (AvgIpc) is 3.07. The van der Waals surface area contributed by atoms with E-state index in [1.165, 1.54) is 0 Å². The molecule has 0 aromatic carbocycles. The molecule has 1 heterocycles. The van der Waals surface area contributed by atoms with Crippen LogP contribution < -0.4 is 5.32 Å². The Morgan fingerprint density at radius 2 is 1.86 bits per heavy atom. The highest BCUT2D eigenvalue weighted by Crippen LogP contribution is 2.44. The van der Waals surface area contributed by atoms with Gasteiger partial charge in [-0.05, 0) is 41.0 Å². The van der Waals surface area contributed by atoms with Crippen molar-refractivity contribution in [2.24, 2.45) is 5.92 Å². The first kappa shape index (κ1) is 16.1. The van der Waals surface area contributed by atoms with Crippen molar-refractivity contribution in [3.05, 3.63) is 0 Å². The van der Waals surface area contributed by atoms with Crippen molar-refractivity contribution in [2.75, 3.05) is 13.1 Å². The van der Waals surface area contributed by atoms with E-state index in [1.807, 2.05) is 39.5 Å². The zero-order chi connectivity index (χ0) is 15.8. The van der Waals surface area contributed by atoms with Crippen LogP contribution in [0.15, 0.2) is 0 Å². The van der Waals surface area contributed by atoms with Crippen LogP contribution in [-0.2, 0) is 14.3 Å². The average molecular weight is 298 g/mol. The van der Waals surface area contributed by atoms with E-state index in [0.29, 0.717) is 19.5 Å². The lowest BCUT2D eigenvalue weighted by Crippen LogP contribution is -2.42. The highest BCUT2D eigenvalue weighted by Gasteiger charge is 2.60. The minimum Gasteiger partial charge on any atom is -0.444 e. The molecular formula is C15H26N2O4. The van der Waals surface area contributed by atoms with Crippen LogP contribution in [0.4, 0.5) is 4.79 Å². The van der Waals surface area contributed by atoms with Gasteiger partial charge in [0.1, 0.15) is 11.7 Å². The predicted molar refractivity (Wildman–Crippen MR) is 77.9 cm³/mol. The van der Waals surface area contributed by atoms with Gasteiger partial charge in [0, 0.05) is 13.1 Å². The molecule has 2 aliphatic rings. The summed E-state index contributed by atoms with van der Waals surface area (Å²) in [6, 6.07) is -0.130. The van der Waals surface area contributed by atoms with Crippen molar-refractivity contribution in [3.8, 4) is 0 Å². The highest BCUT2D eigenvalue weighted by atomic mass is 16.6. The van der Waals surface area contributed by atoms with Crippen molar-refractivity contribution < 1.29 is 19.1 Å². The van der Waals surface area contributed by atoms with Crippen molar-refractivity contribution in [3.63, 3.8) is 0 Å². The third kappa shape index (κ3) is 3.67. The Bertz CT molecular complexity index is 414. The van der Waals surface area contributed by atoms with E-state index in [-0.39, 0.29) is 30.1 Å². The van der Waals surface area contributed by atoms with Crippen molar-refractivity contribution >= 4 is 12.0 Å². The molecule has 6 nitrogen and oxygen atoms in total. The van der Waals surface area contributed by atoms with Gasteiger partial charge in [-0.1, -0.05) is 0 Å². The van der Waals surface area contributed by atoms with Crippen molar-refractivity contribution in [1.82, 2.24) is 10.2 Å². The first-order chi connectivity index (χ1) is 9.76. The van der Waals surface area contributed by atoms with Gasteiger partial charge in [0.15, 0.2) is 0 Å². The summed E-state index contributed by atoms with van der Waals surface area (Å²) in [7, 11) is 0. The quantitative estimate of drug-likeness (QED) is 0.799. The number of ether oxygens (including phenoxy) is 2. The fourth-order valence-electron chi connectivity index (χ4n) is 2.94. The van der Waals surface area contributed by atoms with Gasteiger partial charge < -0.3 is 19.7 Å². The monoisotopic (exact) mass is 298 g/mol. The lowest BCUT2D eigenvalue weighted by atomic mass is 10.0. The SMILES string of the molecule is CCN(CC)C(=O)[C@@H]1C[C@H](NC(=O)OC(C)(C)C)[C@H]2O[C@H]21. The number of nitrogens with zero attached hydrogens (tertiary/aromatic N) is 1. The van der Waals surface area contributed by atoms with Gasteiger partial charge in [0.25, 0.3) is 0 Å². The van der Waals surface area contributed by atoms with Crippen LogP contribution in [0.25, 0.3) is 0 Å². The summed E-state index contributed by atoms with van der Waals surface area (Å²) in [5.41, 5.74) is -0.525. The molecule has 0 spiro atoms. The third-order valence-electron chi connectivity index (χ3n) is 3.96. The molecule has 0 aromatic heterocycles. The molecule has 1 saturated heterocycles. The number of fused-ring (bicyclic) bond motifs is 1. The maximum Gasteiger partial charge on any atom is 0.407 e. The molecule has 2 rings (SSSR count). The number of carbonyl (C=O) groups excluding carboxylic acids is 2. The molecule has 1 aliphatic carbocycles. The Balaban J connectivity index is 1.90. The molecule has 1 aliphatic heterocycles. The summed E-state index contributed by atoms with van der Waals surface area (Å²) < 4.78 is 10.8. The van der Waals surface area contributed by atoms with Crippen LogP contribution in [-0.4, -0.2) is 53.8 Å². The van der Waals surface area contributed by atoms with Gasteiger partial charge in [-0.2, -0.15) is 0 Å². The largest absolute Gasteiger partial charge is 0.444 e. The zero-order valence-corrected chi connectivity index (χ0v) is 13.5. The smallest absolute Gasteiger partial charge is 0.407 e. The summed E-state index contributed by atoms with van der Waals surface area (Å²) >= 11 is 0. The predicted octanol–water partition coefficient (Wildman–Crippen LogP) is 1.54. The molecule has 2 amide bonds. The molecule has 1 N–H and O–H groups in total. The van der Waals surface area contributed by atoms with Gasteiger partial charge in [0.05, 0.1) is 18.1 Å². The molecule has 2 fully saturated rings. The van der Waals surface area contributed by atoms with Gasteiger partial charge in [-0.25, -0.2) is 4.79 Å². The Hall–Kier alpha value is -1.30. The first-order valence-electron chi connectivity index (χ1n) is 7.70. The van der Waals surface area contributed by atoms with Gasteiger partial charge in [-0.3, -0.25) is 4.79 Å². The second-order valence-corrected chi connectivity index (χ2v) is 6.67. The summed E-state index contributed by atoms with van der Waals surface area (Å²) in [5, 5.41) is 2.83. The number of carbonyl (C=O) groups is 2. The topological polar surface area (TPSA) is 71.2 Å². The van der Waals surface area contributed by atoms with Crippen LogP contribution in [0.1, 0.15) is 41.0 Å². The maximum atomic E-state index is 12.4. The summed E-state index contributed by atoms with van der Waals surface area (Å²) in [5.74, 6) is -0.0178. The summed E-state index contributed by atoms with van der Waals surface area (Å²) in [4.78, 5) is 26.0. The van der Waals surface area contributed by atoms with Crippen LogP contribution in [0.3, 0.4) is 0 Å². The minimum absolute atomic E-state index is 0.0398. The molecule has 0 bridgehead atoms. The van der Waals surface area contributed by atoms with Gasteiger partial charge in [-0.15, -0.1) is 0 Å².